The van der Waals surface area contributed by atoms with Gasteiger partial charge in [0, 0.05) is 35.3 Å². The van der Waals surface area contributed by atoms with Crippen LogP contribution < -0.4 is 10.1 Å². The summed E-state index contributed by atoms with van der Waals surface area (Å²) >= 11 is 1.58. The Hall–Kier alpha value is -3.78. The van der Waals surface area contributed by atoms with Crippen LogP contribution in [-0.2, 0) is 23.8 Å². The Morgan fingerprint density at radius 3 is 2.14 bits per heavy atom. The van der Waals surface area contributed by atoms with Crippen LogP contribution in [0.15, 0.2) is 76.8 Å². The lowest BCUT2D eigenvalue weighted by Gasteiger charge is -2.19. The number of aliphatic carboxylic acids is 1. The van der Waals surface area contributed by atoms with E-state index in [1.54, 1.807) is 11.8 Å². The number of hydrogen-bond acceptors (Lipinski definition) is 6. The van der Waals surface area contributed by atoms with Crippen molar-refractivity contribution in [3.05, 3.63) is 83.4 Å². The Bertz CT molecular complexity index is 1630. The average Bonchev–Trinajstić information content (AvgIpc) is 3.48. The Morgan fingerprint density at radius 2 is 1.49 bits per heavy atom. The third-order valence-corrected chi connectivity index (χ3v) is 10.6. The minimum Gasteiger partial charge on any atom is -0.493 e. The summed E-state index contributed by atoms with van der Waals surface area (Å²) in [6.45, 7) is 12.4. The van der Waals surface area contributed by atoms with Gasteiger partial charge in [0.2, 0.25) is 0 Å². The molecule has 3 aromatic carbocycles. The summed E-state index contributed by atoms with van der Waals surface area (Å²) in [4.78, 5) is 13.1. The molecule has 0 aliphatic carbocycles. The maximum Gasteiger partial charge on any atom is 0.310 e. The molecule has 0 bridgehead atoms. The predicted molar refractivity (Wildman–Crippen MR) is 212 cm³/mol. The highest BCUT2D eigenvalue weighted by molar-refractivity contribution is 7.99. The third kappa shape index (κ3) is 12.4. The molecule has 0 amide bonds. The number of carboxylic acids is 1. The SMILES string of the molecule is CCCCCCCCC(C(=O)O)c1ccc(NCc2ccc(Sc3nnc(-c4ccc(C(C)(C)C)cc4)n3C)cc2OCCCCCCC)cc1. The second-order valence-electron chi connectivity index (χ2n) is 14.7. The van der Waals surface area contributed by atoms with Crippen LogP contribution >= 0.6 is 11.8 Å². The fourth-order valence-corrected chi connectivity index (χ4v) is 7.06. The molecule has 1 atom stereocenters. The smallest absolute Gasteiger partial charge is 0.310 e. The molecule has 51 heavy (non-hydrogen) atoms. The molecule has 0 saturated carbocycles. The Balaban J connectivity index is 1.43. The highest BCUT2D eigenvalue weighted by Crippen LogP contribution is 2.34. The molecule has 2 N–H and O–H groups in total. The third-order valence-electron chi connectivity index (χ3n) is 9.54. The van der Waals surface area contributed by atoms with E-state index in [4.69, 9.17) is 4.74 Å². The molecule has 7 nitrogen and oxygen atoms in total. The molecule has 0 saturated heterocycles. The fraction of sp³-hybridized carbons (Fsp3) is 0.512. The number of aromatic nitrogens is 3. The highest BCUT2D eigenvalue weighted by atomic mass is 32.2. The van der Waals surface area contributed by atoms with Gasteiger partial charge in [-0.05, 0) is 65.4 Å². The first-order valence-electron chi connectivity index (χ1n) is 19.1. The van der Waals surface area contributed by atoms with E-state index < -0.39 is 11.9 Å². The molecule has 1 aromatic heterocycles. The van der Waals surface area contributed by atoms with E-state index in [1.165, 1.54) is 50.5 Å². The van der Waals surface area contributed by atoms with Gasteiger partial charge in [-0.2, -0.15) is 0 Å². The molecule has 8 heteroatoms. The van der Waals surface area contributed by atoms with Crippen molar-refractivity contribution in [3.8, 4) is 17.1 Å². The second-order valence-corrected chi connectivity index (χ2v) is 15.8. The van der Waals surface area contributed by atoms with Crippen molar-refractivity contribution in [3.63, 3.8) is 0 Å². The Kier molecular flexibility index (Phi) is 15.9. The van der Waals surface area contributed by atoms with Crippen LogP contribution in [0.5, 0.6) is 5.75 Å². The van der Waals surface area contributed by atoms with Crippen LogP contribution in [0.4, 0.5) is 5.69 Å². The molecule has 4 aromatic rings. The predicted octanol–water partition coefficient (Wildman–Crippen LogP) is 11.8. The number of anilines is 1. The van der Waals surface area contributed by atoms with E-state index in [9.17, 15) is 9.90 Å². The summed E-state index contributed by atoms with van der Waals surface area (Å²) in [5.41, 5.74) is 5.32. The minimum absolute atomic E-state index is 0.0965. The van der Waals surface area contributed by atoms with Gasteiger partial charge in [-0.3, -0.25) is 4.79 Å². The fourth-order valence-electron chi connectivity index (χ4n) is 6.24. The quantitative estimate of drug-likeness (QED) is 0.0784. The van der Waals surface area contributed by atoms with Gasteiger partial charge in [-0.25, -0.2) is 0 Å². The maximum atomic E-state index is 12.1. The van der Waals surface area contributed by atoms with Gasteiger partial charge in [0.05, 0.1) is 12.5 Å². The highest BCUT2D eigenvalue weighted by Gasteiger charge is 2.20. The zero-order valence-electron chi connectivity index (χ0n) is 31.8. The van der Waals surface area contributed by atoms with Crippen molar-refractivity contribution in [2.75, 3.05) is 11.9 Å². The van der Waals surface area contributed by atoms with Gasteiger partial charge in [0.1, 0.15) is 5.75 Å². The van der Waals surface area contributed by atoms with Gasteiger partial charge in [-0.15, -0.1) is 10.2 Å². The molecule has 0 aliphatic rings. The zero-order valence-corrected chi connectivity index (χ0v) is 32.7. The summed E-state index contributed by atoms with van der Waals surface area (Å²) in [6, 6.07) is 22.9. The number of nitrogens with zero attached hydrogens (tertiary/aromatic N) is 3. The molecule has 0 spiro atoms. The van der Waals surface area contributed by atoms with Crippen LogP contribution in [0.3, 0.4) is 0 Å². The van der Waals surface area contributed by atoms with Crippen LogP contribution in [-0.4, -0.2) is 32.4 Å². The van der Waals surface area contributed by atoms with Gasteiger partial charge in [-0.1, -0.05) is 141 Å². The van der Waals surface area contributed by atoms with E-state index in [2.05, 4.69) is 92.6 Å². The summed E-state index contributed by atoms with van der Waals surface area (Å²) in [5.74, 6) is 0.493. The van der Waals surface area contributed by atoms with Crippen LogP contribution in [0, 0.1) is 0 Å². The number of ether oxygens (including phenoxy) is 1. The van der Waals surface area contributed by atoms with Gasteiger partial charge in [0.25, 0.3) is 0 Å². The van der Waals surface area contributed by atoms with Crippen LogP contribution in [0.25, 0.3) is 11.4 Å². The lowest BCUT2D eigenvalue weighted by Crippen LogP contribution is -2.12. The standard InChI is InChI=1S/C43H60N4O3S/c1-7-9-11-13-14-16-18-38(41(48)49)32-21-26-36(27-22-32)44-31-34-23-28-37(30-39(34)50-29-17-15-12-10-8-2)51-42-46-45-40(47(42)6)33-19-24-35(25-20-33)43(3,4)5/h19-28,30,38,44H,7-18,29,31H2,1-6H3,(H,48,49). The van der Waals surface area contributed by atoms with E-state index in [0.717, 1.165) is 69.7 Å². The molecule has 276 valence electrons. The van der Waals surface area contributed by atoms with Gasteiger partial charge < -0.3 is 19.7 Å². The number of benzene rings is 3. The minimum atomic E-state index is -0.744. The first kappa shape index (κ1) is 40.0. The number of hydrogen-bond donors (Lipinski definition) is 2. The lowest BCUT2D eigenvalue weighted by atomic mass is 9.87. The number of rotatable bonds is 22. The Labute approximate surface area is 311 Å². The van der Waals surface area contributed by atoms with Crippen molar-refractivity contribution in [2.24, 2.45) is 7.05 Å². The van der Waals surface area contributed by atoms with Gasteiger partial charge in [0.15, 0.2) is 11.0 Å². The van der Waals surface area contributed by atoms with Crippen molar-refractivity contribution in [1.29, 1.82) is 0 Å². The summed E-state index contributed by atoms with van der Waals surface area (Å²) in [6.07, 6.45) is 13.5. The first-order valence-corrected chi connectivity index (χ1v) is 19.9. The molecule has 1 heterocycles. The maximum absolute atomic E-state index is 12.1. The molecule has 4 rings (SSSR count). The summed E-state index contributed by atoms with van der Waals surface area (Å²) in [5, 5.41) is 23.4. The topological polar surface area (TPSA) is 89.3 Å². The largest absolute Gasteiger partial charge is 0.493 e. The van der Waals surface area contributed by atoms with E-state index >= 15 is 0 Å². The Morgan fingerprint density at radius 1 is 0.843 bits per heavy atom. The lowest BCUT2D eigenvalue weighted by molar-refractivity contribution is -0.139. The number of unbranched alkanes of at least 4 members (excludes halogenated alkanes) is 9. The van der Waals surface area contributed by atoms with Crippen LogP contribution in [0.2, 0.25) is 0 Å². The first-order chi connectivity index (χ1) is 24.6. The number of carbonyl (C=O) groups is 1. The van der Waals surface area contributed by atoms with Crippen molar-refractivity contribution in [2.45, 2.75) is 140 Å². The van der Waals surface area contributed by atoms with Crippen molar-refractivity contribution in [1.82, 2.24) is 14.8 Å². The zero-order chi connectivity index (χ0) is 36.6. The summed E-state index contributed by atoms with van der Waals surface area (Å²) in [7, 11) is 2.01. The summed E-state index contributed by atoms with van der Waals surface area (Å²) < 4.78 is 8.46. The average molecular weight is 713 g/mol. The number of nitrogens with one attached hydrogen (secondary N) is 1. The molecular weight excluding hydrogens is 653 g/mol. The van der Waals surface area contributed by atoms with Gasteiger partial charge >= 0.3 is 5.97 Å². The second kappa shape index (κ2) is 20.3. The van der Waals surface area contributed by atoms with E-state index in [-0.39, 0.29) is 5.41 Å². The van der Waals surface area contributed by atoms with E-state index in [1.807, 2.05) is 35.9 Å². The monoisotopic (exact) mass is 712 g/mol. The van der Waals surface area contributed by atoms with Crippen LogP contribution in [0.1, 0.15) is 134 Å². The molecule has 0 fully saturated rings. The molecular formula is C43H60N4O3S. The normalized spacial score (nSPS) is 12.2. The molecule has 0 radical (unpaired) electrons. The van der Waals surface area contributed by atoms with Crippen molar-refractivity contribution < 1.29 is 14.6 Å². The molecule has 0 aliphatic heterocycles. The molecule has 1 unspecified atom stereocenters. The van der Waals surface area contributed by atoms with E-state index in [0.29, 0.717) is 19.6 Å². The number of carboxylic acid groups (broad SMARTS) is 1. The van der Waals surface area contributed by atoms with Crippen molar-refractivity contribution >= 4 is 23.4 Å².